The van der Waals surface area contributed by atoms with Crippen LogP contribution in [-0.2, 0) is 13.0 Å². The number of H-pyrrole nitrogens is 1. The van der Waals surface area contributed by atoms with Crippen LogP contribution in [0, 0.1) is 4.77 Å². The average Bonchev–Trinajstić information content (AvgIpc) is 2.91. The topological polar surface area (TPSA) is 62.7 Å². The number of hydrogen-bond acceptors (Lipinski definition) is 3. The summed E-state index contributed by atoms with van der Waals surface area (Å²) in [6, 6.07) is 6.20. The summed E-state index contributed by atoms with van der Waals surface area (Å²) >= 11 is 5.14. The third-order valence-corrected chi connectivity index (χ3v) is 3.90. The number of carbonyl (C=O) groups excluding carboxylic acids is 1. The number of aromatic nitrogens is 3. The third kappa shape index (κ3) is 5.42. The Morgan fingerprint density at radius 3 is 2.52 bits per heavy atom. The smallest absolute Gasteiger partial charge is 0.345 e. The lowest BCUT2D eigenvalue weighted by Crippen LogP contribution is -2.25. The molecule has 1 aromatic carbocycles. The van der Waals surface area contributed by atoms with Crippen LogP contribution in [0.25, 0.3) is 0 Å². The summed E-state index contributed by atoms with van der Waals surface area (Å²) in [4.78, 5) is 12.2. The van der Waals surface area contributed by atoms with E-state index in [1.807, 2.05) is 13.8 Å². The van der Waals surface area contributed by atoms with E-state index >= 15 is 0 Å². The predicted molar refractivity (Wildman–Crippen MR) is 89.8 cm³/mol. The Morgan fingerprint density at radius 1 is 1.32 bits per heavy atom. The Kier molecular flexibility index (Phi) is 5.99. The SMILES string of the molecule is CC(C)n1c(CNC(=O)c2ccc(CCC(F)(F)F)cc2)n[nH]c1=S. The maximum Gasteiger partial charge on any atom is 0.389 e. The molecule has 2 aromatic rings. The number of aryl methyl sites for hydroxylation is 1. The standard InChI is InChI=1S/C16H19F3N4OS/c1-10(2)23-13(21-22-15(23)25)9-20-14(24)12-5-3-11(4-6-12)7-8-16(17,18)19/h3-6,10H,7-9H2,1-2H3,(H,20,24)(H,22,25). The number of rotatable bonds is 6. The maximum absolute atomic E-state index is 12.2. The van der Waals surface area contributed by atoms with Gasteiger partial charge in [-0.3, -0.25) is 9.89 Å². The summed E-state index contributed by atoms with van der Waals surface area (Å²) in [6.07, 6.45) is -5.17. The van der Waals surface area contributed by atoms with Gasteiger partial charge in [-0.2, -0.15) is 18.3 Å². The van der Waals surface area contributed by atoms with E-state index in [0.29, 0.717) is 21.7 Å². The fourth-order valence-electron chi connectivity index (χ4n) is 2.36. The molecule has 0 atom stereocenters. The minimum Gasteiger partial charge on any atom is -0.345 e. The predicted octanol–water partition coefficient (Wildman–Crippen LogP) is 3.95. The lowest BCUT2D eigenvalue weighted by molar-refractivity contribution is -0.134. The third-order valence-electron chi connectivity index (χ3n) is 3.61. The van der Waals surface area contributed by atoms with Gasteiger partial charge in [0.2, 0.25) is 0 Å². The lowest BCUT2D eigenvalue weighted by atomic mass is 10.1. The number of nitrogens with zero attached hydrogens (tertiary/aromatic N) is 2. The van der Waals surface area contributed by atoms with Crippen molar-refractivity contribution < 1.29 is 18.0 Å². The second kappa shape index (κ2) is 7.81. The molecule has 0 spiro atoms. The second-order valence-corrected chi connectivity index (χ2v) is 6.29. The molecule has 0 fully saturated rings. The van der Waals surface area contributed by atoms with E-state index in [1.165, 1.54) is 24.3 Å². The second-order valence-electron chi connectivity index (χ2n) is 5.90. The van der Waals surface area contributed by atoms with Crippen LogP contribution >= 0.6 is 12.2 Å². The molecule has 0 aliphatic carbocycles. The largest absolute Gasteiger partial charge is 0.389 e. The van der Waals surface area contributed by atoms with Crippen LogP contribution in [0.3, 0.4) is 0 Å². The number of alkyl halides is 3. The first-order valence-corrected chi connectivity index (χ1v) is 8.18. The molecule has 0 saturated carbocycles. The first-order valence-electron chi connectivity index (χ1n) is 7.77. The molecule has 0 radical (unpaired) electrons. The molecular formula is C16H19F3N4OS. The molecule has 9 heteroatoms. The summed E-state index contributed by atoms with van der Waals surface area (Å²) in [5.74, 6) is 0.279. The molecule has 2 rings (SSSR count). The van der Waals surface area contributed by atoms with Crippen molar-refractivity contribution in [2.24, 2.45) is 0 Å². The van der Waals surface area contributed by atoms with Gasteiger partial charge in [-0.25, -0.2) is 0 Å². The van der Waals surface area contributed by atoms with Crippen molar-refractivity contribution in [1.82, 2.24) is 20.1 Å². The van der Waals surface area contributed by atoms with Crippen LogP contribution in [0.15, 0.2) is 24.3 Å². The molecule has 1 amide bonds. The number of nitrogens with one attached hydrogen (secondary N) is 2. The molecule has 136 valence electrons. The van der Waals surface area contributed by atoms with Gasteiger partial charge in [0.25, 0.3) is 5.91 Å². The highest BCUT2D eigenvalue weighted by molar-refractivity contribution is 7.71. The quantitative estimate of drug-likeness (QED) is 0.755. The Labute approximate surface area is 148 Å². The van der Waals surface area contributed by atoms with Crippen molar-refractivity contribution in [3.63, 3.8) is 0 Å². The zero-order valence-corrected chi connectivity index (χ0v) is 14.7. The van der Waals surface area contributed by atoms with Gasteiger partial charge in [0, 0.05) is 18.0 Å². The van der Waals surface area contributed by atoms with Gasteiger partial charge >= 0.3 is 6.18 Å². The van der Waals surface area contributed by atoms with Crippen LogP contribution in [0.4, 0.5) is 13.2 Å². The average molecular weight is 372 g/mol. The highest BCUT2D eigenvalue weighted by atomic mass is 32.1. The monoisotopic (exact) mass is 372 g/mol. The molecule has 0 saturated heterocycles. The van der Waals surface area contributed by atoms with Gasteiger partial charge in [0.05, 0.1) is 6.54 Å². The summed E-state index contributed by atoms with van der Waals surface area (Å²) in [5, 5.41) is 9.51. The Morgan fingerprint density at radius 2 is 1.96 bits per heavy atom. The molecule has 0 bridgehead atoms. The van der Waals surface area contributed by atoms with Gasteiger partial charge < -0.3 is 9.88 Å². The first-order chi connectivity index (χ1) is 11.7. The van der Waals surface area contributed by atoms with E-state index in [0.717, 1.165) is 0 Å². The van der Waals surface area contributed by atoms with Crippen molar-refractivity contribution in [1.29, 1.82) is 0 Å². The van der Waals surface area contributed by atoms with E-state index in [1.54, 1.807) is 4.57 Å². The van der Waals surface area contributed by atoms with Crippen molar-refractivity contribution in [3.05, 3.63) is 46.0 Å². The molecule has 5 nitrogen and oxygen atoms in total. The van der Waals surface area contributed by atoms with Crippen LogP contribution in [0.5, 0.6) is 0 Å². The molecular weight excluding hydrogens is 353 g/mol. The summed E-state index contributed by atoms with van der Waals surface area (Å²) in [5.41, 5.74) is 0.913. The van der Waals surface area contributed by atoms with Crippen molar-refractivity contribution in [2.45, 2.75) is 45.5 Å². The summed E-state index contributed by atoms with van der Waals surface area (Å²) in [6.45, 7) is 4.10. The number of benzene rings is 1. The Bertz CT molecular complexity index is 778. The fourth-order valence-corrected chi connectivity index (χ4v) is 2.73. The summed E-state index contributed by atoms with van der Waals surface area (Å²) in [7, 11) is 0. The van der Waals surface area contributed by atoms with Gasteiger partial charge in [-0.1, -0.05) is 12.1 Å². The number of hydrogen-bond donors (Lipinski definition) is 2. The zero-order valence-electron chi connectivity index (χ0n) is 13.9. The van der Waals surface area contributed by atoms with Crippen molar-refractivity contribution >= 4 is 18.1 Å². The van der Waals surface area contributed by atoms with Gasteiger partial charge in [0.1, 0.15) is 0 Å². The molecule has 1 aromatic heterocycles. The van der Waals surface area contributed by atoms with Gasteiger partial charge in [-0.05, 0) is 50.2 Å². The lowest BCUT2D eigenvalue weighted by Gasteiger charge is -2.11. The molecule has 1 heterocycles. The Balaban J connectivity index is 1.96. The number of amides is 1. The highest BCUT2D eigenvalue weighted by Gasteiger charge is 2.26. The van der Waals surface area contributed by atoms with Crippen LogP contribution in [0.2, 0.25) is 0 Å². The van der Waals surface area contributed by atoms with E-state index in [9.17, 15) is 18.0 Å². The van der Waals surface area contributed by atoms with Crippen molar-refractivity contribution in [3.8, 4) is 0 Å². The fraction of sp³-hybridized carbons (Fsp3) is 0.438. The first kappa shape index (κ1) is 19.2. The Hall–Kier alpha value is -2.16. The van der Waals surface area contributed by atoms with Crippen LogP contribution in [0.1, 0.15) is 48.1 Å². The van der Waals surface area contributed by atoms with E-state index in [-0.39, 0.29) is 24.9 Å². The van der Waals surface area contributed by atoms with E-state index < -0.39 is 12.6 Å². The normalized spacial score (nSPS) is 11.8. The van der Waals surface area contributed by atoms with Crippen molar-refractivity contribution in [2.75, 3.05) is 0 Å². The number of aromatic amines is 1. The molecule has 2 N–H and O–H groups in total. The minimum absolute atomic E-state index is 0.103. The molecule has 0 aliphatic rings. The molecule has 0 aliphatic heterocycles. The van der Waals surface area contributed by atoms with Crippen LogP contribution in [-0.4, -0.2) is 26.8 Å². The van der Waals surface area contributed by atoms with Crippen LogP contribution < -0.4 is 5.32 Å². The van der Waals surface area contributed by atoms with Gasteiger partial charge in [-0.15, -0.1) is 0 Å². The van der Waals surface area contributed by atoms with E-state index in [2.05, 4.69) is 15.5 Å². The highest BCUT2D eigenvalue weighted by Crippen LogP contribution is 2.22. The number of carbonyl (C=O) groups is 1. The summed E-state index contributed by atoms with van der Waals surface area (Å²) < 4.78 is 38.9. The maximum atomic E-state index is 12.2. The molecule has 0 unspecified atom stereocenters. The molecule has 25 heavy (non-hydrogen) atoms. The zero-order chi connectivity index (χ0) is 18.6. The van der Waals surface area contributed by atoms with Gasteiger partial charge in [0.15, 0.2) is 10.6 Å². The van der Waals surface area contributed by atoms with E-state index in [4.69, 9.17) is 12.2 Å². The number of halogens is 3. The minimum atomic E-state index is -4.19.